The predicted octanol–water partition coefficient (Wildman–Crippen LogP) is 4.68. The molecule has 0 amide bonds. The molecular formula is C12H16S2. The van der Waals surface area contributed by atoms with Crippen molar-refractivity contribution in [3.63, 3.8) is 0 Å². The highest BCUT2D eigenvalue weighted by Gasteiger charge is 2.04. The summed E-state index contributed by atoms with van der Waals surface area (Å²) in [6.07, 6.45) is 5.37. The van der Waals surface area contributed by atoms with Crippen LogP contribution in [0.15, 0.2) is 29.2 Å². The molecule has 0 spiro atoms. The number of hydrogen-bond donors (Lipinski definition) is 1. The van der Waals surface area contributed by atoms with Crippen LogP contribution in [-0.4, -0.2) is 0 Å². The molecule has 0 unspecified atom stereocenters. The summed E-state index contributed by atoms with van der Waals surface area (Å²) in [7, 11) is 0. The van der Waals surface area contributed by atoms with Crippen molar-refractivity contribution in [1.82, 2.24) is 0 Å². The van der Waals surface area contributed by atoms with E-state index in [4.69, 9.17) is 0 Å². The third-order valence-electron chi connectivity index (χ3n) is 2.05. The van der Waals surface area contributed by atoms with E-state index in [1.54, 1.807) is 11.3 Å². The van der Waals surface area contributed by atoms with Gasteiger partial charge in [0.2, 0.25) is 0 Å². The van der Waals surface area contributed by atoms with Gasteiger partial charge in [0.25, 0.3) is 0 Å². The Bertz CT molecular complexity index is 356. The maximum absolute atomic E-state index is 4.56. The zero-order valence-corrected chi connectivity index (χ0v) is 10.6. The zero-order chi connectivity index (χ0) is 10.6. The predicted molar refractivity (Wildman–Crippen MR) is 70.1 cm³/mol. The van der Waals surface area contributed by atoms with Gasteiger partial charge in [-0.05, 0) is 42.9 Å². The standard InChI is InChI=1S/C12H16S2/c1-4-5-6-9(2)11(13)12-10(3)7-8-14-12/h5-8,13H,4H2,1-3H3/b6-5+,11-9-. The van der Waals surface area contributed by atoms with Crippen molar-refractivity contribution in [2.24, 2.45) is 0 Å². The first-order chi connectivity index (χ1) is 6.66. The van der Waals surface area contributed by atoms with Crippen LogP contribution in [0.3, 0.4) is 0 Å². The highest BCUT2D eigenvalue weighted by Crippen LogP contribution is 2.30. The molecule has 0 saturated heterocycles. The fourth-order valence-corrected chi connectivity index (χ4v) is 2.51. The fourth-order valence-electron chi connectivity index (χ4n) is 1.17. The Labute approximate surface area is 95.8 Å². The Morgan fingerprint density at radius 2 is 2.29 bits per heavy atom. The molecule has 76 valence electrons. The smallest absolute Gasteiger partial charge is 0.0435 e. The molecule has 0 aliphatic heterocycles. The van der Waals surface area contributed by atoms with E-state index in [1.165, 1.54) is 16.0 Å². The van der Waals surface area contributed by atoms with Gasteiger partial charge in [-0.15, -0.1) is 24.0 Å². The Balaban J connectivity index is 2.98. The van der Waals surface area contributed by atoms with Crippen LogP contribution < -0.4 is 0 Å². The molecule has 0 radical (unpaired) electrons. The van der Waals surface area contributed by atoms with Gasteiger partial charge in [-0.25, -0.2) is 0 Å². The normalized spacial score (nSPS) is 13.4. The van der Waals surface area contributed by atoms with Gasteiger partial charge >= 0.3 is 0 Å². The van der Waals surface area contributed by atoms with Crippen molar-refractivity contribution in [3.05, 3.63) is 39.6 Å². The van der Waals surface area contributed by atoms with E-state index >= 15 is 0 Å². The topological polar surface area (TPSA) is 0 Å². The Kier molecular flexibility index (Phi) is 4.49. The van der Waals surface area contributed by atoms with Crippen molar-refractivity contribution in [1.29, 1.82) is 0 Å². The second-order valence-corrected chi connectivity index (χ2v) is 4.64. The minimum absolute atomic E-state index is 1.07. The van der Waals surface area contributed by atoms with Crippen LogP contribution in [0.5, 0.6) is 0 Å². The first-order valence-corrected chi connectivity index (χ1v) is 6.10. The molecule has 14 heavy (non-hydrogen) atoms. The van der Waals surface area contributed by atoms with Gasteiger partial charge < -0.3 is 0 Å². The minimum atomic E-state index is 1.07. The summed E-state index contributed by atoms with van der Waals surface area (Å²) in [4.78, 5) is 2.38. The summed E-state index contributed by atoms with van der Waals surface area (Å²) in [6.45, 7) is 6.37. The quantitative estimate of drug-likeness (QED) is 0.559. The molecule has 0 saturated carbocycles. The van der Waals surface area contributed by atoms with Crippen molar-refractivity contribution in [2.75, 3.05) is 0 Å². The average molecular weight is 224 g/mol. The summed E-state index contributed by atoms with van der Waals surface area (Å²) >= 11 is 6.31. The van der Waals surface area contributed by atoms with Crippen molar-refractivity contribution in [3.8, 4) is 0 Å². The van der Waals surface area contributed by atoms with E-state index < -0.39 is 0 Å². The van der Waals surface area contributed by atoms with Crippen molar-refractivity contribution < 1.29 is 0 Å². The van der Waals surface area contributed by atoms with Crippen LogP contribution in [0.2, 0.25) is 0 Å². The highest BCUT2D eigenvalue weighted by molar-refractivity contribution is 7.90. The van der Waals surface area contributed by atoms with E-state index in [0.29, 0.717) is 0 Å². The van der Waals surface area contributed by atoms with Crippen LogP contribution in [0.25, 0.3) is 4.91 Å². The summed E-state index contributed by atoms with van der Waals surface area (Å²) in [5, 5.41) is 2.11. The Morgan fingerprint density at radius 1 is 1.57 bits per heavy atom. The van der Waals surface area contributed by atoms with Gasteiger partial charge in [-0.1, -0.05) is 19.1 Å². The van der Waals surface area contributed by atoms with Gasteiger partial charge in [-0.2, -0.15) is 0 Å². The molecule has 0 nitrogen and oxygen atoms in total. The lowest BCUT2D eigenvalue weighted by Crippen LogP contribution is -1.79. The van der Waals surface area contributed by atoms with Gasteiger partial charge in [0.05, 0.1) is 0 Å². The molecule has 0 aliphatic rings. The maximum atomic E-state index is 4.56. The first kappa shape index (κ1) is 11.6. The molecule has 1 heterocycles. The number of aryl methyl sites for hydroxylation is 1. The SMILES string of the molecule is CC/C=C/C(C)=C(\S)c1sccc1C. The summed E-state index contributed by atoms with van der Waals surface area (Å²) in [6, 6.07) is 2.13. The van der Waals surface area contributed by atoms with E-state index in [1.807, 2.05) is 0 Å². The van der Waals surface area contributed by atoms with Gasteiger partial charge in [0.15, 0.2) is 0 Å². The summed E-state index contributed by atoms with van der Waals surface area (Å²) < 4.78 is 0. The van der Waals surface area contributed by atoms with Gasteiger partial charge in [0, 0.05) is 9.78 Å². The maximum Gasteiger partial charge on any atom is 0.0435 e. The first-order valence-electron chi connectivity index (χ1n) is 4.77. The second-order valence-electron chi connectivity index (χ2n) is 3.27. The molecule has 1 rings (SSSR count). The van der Waals surface area contributed by atoms with Crippen LogP contribution in [0, 0.1) is 6.92 Å². The largest absolute Gasteiger partial charge is 0.143 e. The van der Waals surface area contributed by atoms with E-state index in [9.17, 15) is 0 Å². The lowest BCUT2D eigenvalue weighted by atomic mass is 10.2. The third kappa shape index (κ3) is 2.76. The lowest BCUT2D eigenvalue weighted by Gasteiger charge is -2.01. The molecule has 1 aromatic heterocycles. The van der Waals surface area contributed by atoms with Gasteiger partial charge in [-0.3, -0.25) is 0 Å². The van der Waals surface area contributed by atoms with Gasteiger partial charge in [0.1, 0.15) is 0 Å². The zero-order valence-electron chi connectivity index (χ0n) is 8.87. The molecule has 0 N–H and O–H groups in total. The lowest BCUT2D eigenvalue weighted by molar-refractivity contribution is 1.22. The molecule has 0 fully saturated rings. The molecular weight excluding hydrogens is 208 g/mol. The Hall–Kier alpha value is -0.470. The van der Waals surface area contributed by atoms with E-state index in [0.717, 1.165) is 11.3 Å². The summed E-state index contributed by atoms with van der Waals surface area (Å²) in [5.41, 5.74) is 2.55. The minimum Gasteiger partial charge on any atom is -0.143 e. The molecule has 0 bridgehead atoms. The van der Waals surface area contributed by atoms with E-state index in [-0.39, 0.29) is 0 Å². The number of thiol groups is 1. The number of rotatable bonds is 3. The highest BCUT2D eigenvalue weighted by atomic mass is 32.1. The Morgan fingerprint density at radius 3 is 2.79 bits per heavy atom. The van der Waals surface area contributed by atoms with Crippen molar-refractivity contribution in [2.45, 2.75) is 27.2 Å². The third-order valence-corrected chi connectivity index (χ3v) is 3.82. The monoisotopic (exact) mass is 224 g/mol. The molecule has 0 aliphatic carbocycles. The second kappa shape index (κ2) is 5.42. The van der Waals surface area contributed by atoms with Crippen LogP contribution in [0.1, 0.15) is 30.7 Å². The summed E-state index contributed by atoms with van der Waals surface area (Å²) in [5.74, 6) is 0. The van der Waals surface area contributed by atoms with Crippen LogP contribution in [-0.2, 0) is 0 Å². The molecule has 0 atom stereocenters. The molecule has 2 heteroatoms. The number of hydrogen-bond acceptors (Lipinski definition) is 2. The van der Waals surface area contributed by atoms with E-state index in [2.05, 4.69) is 57.0 Å². The fraction of sp³-hybridized carbons (Fsp3) is 0.333. The molecule has 0 aromatic carbocycles. The number of allylic oxidation sites excluding steroid dienone is 3. The van der Waals surface area contributed by atoms with Crippen LogP contribution in [0.4, 0.5) is 0 Å². The molecule has 1 aromatic rings. The van der Waals surface area contributed by atoms with Crippen LogP contribution >= 0.6 is 24.0 Å². The average Bonchev–Trinajstić information content (AvgIpc) is 2.59. The number of thiophene rings is 1. The van der Waals surface area contributed by atoms with Crippen molar-refractivity contribution >= 4 is 28.9 Å².